The number of benzene rings is 1. The fourth-order valence-electron chi connectivity index (χ4n) is 5.64. The van der Waals surface area contributed by atoms with Gasteiger partial charge < -0.3 is 10.2 Å². The van der Waals surface area contributed by atoms with Crippen LogP contribution in [0.5, 0.6) is 0 Å². The van der Waals surface area contributed by atoms with Crippen molar-refractivity contribution in [3.63, 3.8) is 0 Å². The molecule has 1 saturated carbocycles. The number of amides is 1. The van der Waals surface area contributed by atoms with Crippen LogP contribution in [0.25, 0.3) is 0 Å². The Bertz CT molecular complexity index is 924. The molecule has 1 aliphatic carbocycles. The van der Waals surface area contributed by atoms with Crippen LogP contribution in [-0.2, 0) is 27.7 Å². The molecule has 1 saturated heterocycles. The lowest BCUT2D eigenvalue weighted by Crippen LogP contribution is -2.50. The van der Waals surface area contributed by atoms with Gasteiger partial charge in [-0.2, -0.15) is 0 Å². The van der Waals surface area contributed by atoms with Crippen molar-refractivity contribution in [2.24, 2.45) is 5.92 Å². The summed E-state index contributed by atoms with van der Waals surface area (Å²) in [7, 11) is -3.03. The largest absolute Gasteiger partial charge is 0.376 e. The number of hydrogen-bond donors (Lipinski definition) is 1. The second kappa shape index (κ2) is 9.72. The number of anilines is 1. The average molecular weight is 462 g/mol. The molecule has 1 aromatic carbocycles. The summed E-state index contributed by atoms with van der Waals surface area (Å²) in [5, 5.41) is 3.43. The van der Waals surface area contributed by atoms with E-state index in [1.54, 1.807) is 0 Å². The van der Waals surface area contributed by atoms with Gasteiger partial charge in [0.05, 0.1) is 18.1 Å². The van der Waals surface area contributed by atoms with Crippen molar-refractivity contribution in [2.75, 3.05) is 23.4 Å². The molecule has 0 aromatic heterocycles. The monoisotopic (exact) mass is 461 g/mol. The van der Waals surface area contributed by atoms with E-state index in [9.17, 15) is 13.2 Å². The van der Waals surface area contributed by atoms with Crippen molar-refractivity contribution in [1.29, 1.82) is 0 Å². The highest BCUT2D eigenvalue weighted by atomic mass is 32.2. The summed E-state index contributed by atoms with van der Waals surface area (Å²) in [5.41, 5.74) is 3.67. The molecule has 3 aliphatic rings. The Balaban J connectivity index is 1.46. The summed E-state index contributed by atoms with van der Waals surface area (Å²) in [4.78, 5) is 17.9. The molecule has 0 radical (unpaired) electrons. The highest BCUT2D eigenvalue weighted by Crippen LogP contribution is 2.32. The normalized spacial score (nSPS) is 24.4. The molecule has 2 aliphatic heterocycles. The highest BCUT2D eigenvalue weighted by molar-refractivity contribution is 7.91. The van der Waals surface area contributed by atoms with Crippen molar-refractivity contribution >= 4 is 21.4 Å². The predicted octanol–water partition coefficient (Wildman–Crippen LogP) is 3.81. The molecular weight excluding hydrogens is 422 g/mol. The van der Waals surface area contributed by atoms with E-state index < -0.39 is 9.84 Å². The third-order valence-corrected chi connectivity index (χ3v) is 9.59. The smallest absolute Gasteiger partial charge is 0.242 e. The number of hydrogen-bond acceptors (Lipinski definition) is 5. The molecule has 4 rings (SSSR count). The molecule has 0 spiro atoms. The molecular formula is C25H39N3O3S. The van der Waals surface area contributed by atoms with E-state index in [1.165, 1.54) is 17.5 Å². The predicted molar refractivity (Wildman–Crippen MR) is 129 cm³/mol. The number of rotatable bonds is 7. The van der Waals surface area contributed by atoms with Crippen molar-refractivity contribution in [3.8, 4) is 0 Å². The van der Waals surface area contributed by atoms with Crippen LogP contribution < -0.4 is 5.32 Å². The first-order valence-corrected chi connectivity index (χ1v) is 14.2. The molecule has 1 amide bonds. The summed E-state index contributed by atoms with van der Waals surface area (Å²) < 4.78 is 24.3. The van der Waals surface area contributed by atoms with Gasteiger partial charge in [0.15, 0.2) is 9.84 Å². The topological polar surface area (TPSA) is 69.7 Å². The van der Waals surface area contributed by atoms with E-state index in [1.807, 2.05) is 4.90 Å². The first-order valence-electron chi connectivity index (χ1n) is 12.4. The van der Waals surface area contributed by atoms with Gasteiger partial charge in [-0.3, -0.25) is 9.69 Å². The Kier molecular flexibility index (Phi) is 7.15. The Hall–Kier alpha value is -1.60. The second-order valence-corrected chi connectivity index (χ2v) is 12.6. The number of nitrogens with zero attached hydrogens (tertiary/aromatic N) is 2. The third kappa shape index (κ3) is 5.14. The highest BCUT2D eigenvalue weighted by Gasteiger charge is 2.38. The summed E-state index contributed by atoms with van der Waals surface area (Å²) >= 11 is 0. The van der Waals surface area contributed by atoms with E-state index >= 15 is 0 Å². The number of carbonyl (C=O) groups excluding carboxylic acids is 1. The molecule has 2 heterocycles. The number of carbonyl (C=O) groups is 1. The summed E-state index contributed by atoms with van der Waals surface area (Å²) in [6.45, 7) is 8.88. The average Bonchev–Trinajstić information content (AvgIpc) is 3.35. The van der Waals surface area contributed by atoms with Crippen LogP contribution in [0.2, 0.25) is 0 Å². The zero-order valence-corrected chi connectivity index (χ0v) is 20.7. The summed E-state index contributed by atoms with van der Waals surface area (Å²) in [5.74, 6) is 0.964. The van der Waals surface area contributed by atoms with E-state index in [0.717, 1.165) is 44.5 Å². The van der Waals surface area contributed by atoms with E-state index in [2.05, 4.69) is 49.2 Å². The summed E-state index contributed by atoms with van der Waals surface area (Å²) in [6, 6.07) is 6.84. The third-order valence-electron chi connectivity index (χ3n) is 7.84. The lowest BCUT2D eigenvalue weighted by atomic mass is 9.93. The van der Waals surface area contributed by atoms with Crippen LogP contribution in [0.1, 0.15) is 70.4 Å². The van der Waals surface area contributed by atoms with Crippen molar-refractivity contribution in [3.05, 3.63) is 29.3 Å². The lowest BCUT2D eigenvalue weighted by Gasteiger charge is -2.38. The van der Waals surface area contributed by atoms with Gasteiger partial charge in [0.1, 0.15) is 0 Å². The molecule has 2 fully saturated rings. The minimum Gasteiger partial charge on any atom is -0.376 e. The number of nitrogens with one attached hydrogen (secondary N) is 1. The van der Waals surface area contributed by atoms with E-state index in [-0.39, 0.29) is 36.0 Å². The standard InChI is InChI=1S/C25H39N3O3S/c1-18(2)19(3)27-15-20-8-7-11-24(23(20)16-27)26-14-25(29)28(21-9-5-4-6-10-21)22-12-13-32(30,31)17-22/h7-8,11,18-19,21-22,26H,4-6,9-10,12-17H2,1-3H3. The lowest BCUT2D eigenvalue weighted by molar-refractivity contribution is -0.134. The van der Waals surface area contributed by atoms with Crippen LogP contribution in [0.15, 0.2) is 18.2 Å². The minimum absolute atomic E-state index is 0.0435. The Morgan fingerprint density at radius 3 is 2.50 bits per heavy atom. The Labute approximate surface area is 193 Å². The number of fused-ring (bicyclic) bond motifs is 1. The molecule has 32 heavy (non-hydrogen) atoms. The van der Waals surface area contributed by atoms with Crippen molar-refractivity contribution < 1.29 is 13.2 Å². The zero-order chi connectivity index (χ0) is 22.9. The van der Waals surface area contributed by atoms with Gasteiger partial charge in [-0.25, -0.2) is 8.42 Å². The second-order valence-electron chi connectivity index (χ2n) is 10.3. The van der Waals surface area contributed by atoms with Gasteiger partial charge in [0.25, 0.3) is 0 Å². The first-order chi connectivity index (χ1) is 15.2. The van der Waals surface area contributed by atoms with Crippen LogP contribution in [-0.4, -0.2) is 60.3 Å². The Morgan fingerprint density at radius 2 is 1.84 bits per heavy atom. The zero-order valence-electron chi connectivity index (χ0n) is 19.8. The van der Waals surface area contributed by atoms with Gasteiger partial charge in [0, 0.05) is 36.9 Å². The van der Waals surface area contributed by atoms with Crippen LogP contribution in [0, 0.1) is 5.92 Å². The fraction of sp³-hybridized carbons (Fsp3) is 0.720. The maximum absolute atomic E-state index is 13.4. The Morgan fingerprint density at radius 1 is 1.09 bits per heavy atom. The van der Waals surface area contributed by atoms with E-state index in [0.29, 0.717) is 18.4 Å². The van der Waals surface area contributed by atoms with Crippen molar-refractivity contribution in [1.82, 2.24) is 9.80 Å². The quantitative estimate of drug-likeness (QED) is 0.669. The molecule has 0 bridgehead atoms. The molecule has 178 valence electrons. The molecule has 7 heteroatoms. The van der Waals surface area contributed by atoms with Gasteiger partial charge in [0.2, 0.25) is 5.91 Å². The SMILES string of the molecule is CC(C)C(C)N1Cc2cccc(NCC(=O)N(C3CCCCC3)C3CCS(=O)(=O)C3)c2C1. The van der Waals surface area contributed by atoms with Gasteiger partial charge in [-0.1, -0.05) is 45.2 Å². The van der Waals surface area contributed by atoms with Gasteiger partial charge in [-0.05, 0) is 49.3 Å². The minimum atomic E-state index is -3.03. The van der Waals surface area contributed by atoms with Crippen LogP contribution >= 0.6 is 0 Å². The molecule has 1 N–H and O–H groups in total. The fourth-order valence-corrected chi connectivity index (χ4v) is 7.36. The number of sulfone groups is 1. The molecule has 2 unspecified atom stereocenters. The van der Waals surface area contributed by atoms with Gasteiger partial charge in [-0.15, -0.1) is 0 Å². The van der Waals surface area contributed by atoms with Crippen molar-refractivity contribution in [2.45, 2.75) is 90.5 Å². The van der Waals surface area contributed by atoms with Crippen LogP contribution in [0.3, 0.4) is 0 Å². The maximum atomic E-state index is 13.4. The maximum Gasteiger partial charge on any atom is 0.242 e. The van der Waals surface area contributed by atoms with Crippen LogP contribution in [0.4, 0.5) is 5.69 Å². The van der Waals surface area contributed by atoms with E-state index in [4.69, 9.17) is 0 Å². The van der Waals surface area contributed by atoms with Gasteiger partial charge >= 0.3 is 0 Å². The molecule has 2 atom stereocenters. The molecule has 1 aromatic rings. The first kappa shape index (κ1) is 23.6. The molecule has 6 nitrogen and oxygen atoms in total. The summed E-state index contributed by atoms with van der Waals surface area (Å²) in [6.07, 6.45) is 6.01.